The zero-order valence-electron chi connectivity index (χ0n) is 8.76. The van der Waals surface area contributed by atoms with Crippen molar-refractivity contribution in [1.29, 1.82) is 0 Å². The molecule has 1 aliphatic carbocycles. The highest BCUT2D eigenvalue weighted by Gasteiger charge is 2.20. The maximum absolute atomic E-state index is 12.7. The van der Waals surface area contributed by atoms with E-state index in [9.17, 15) is 4.39 Å². The molecule has 0 nitrogen and oxygen atoms in total. The molecule has 1 aromatic carbocycles. The fraction of sp³-hybridized carbons (Fsp3) is 0.538. The van der Waals surface area contributed by atoms with Crippen LogP contribution in [0.25, 0.3) is 0 Å². The molecule has 0 spiro atoms. The van der Waals surface area contributed by atoms with Crippen LogP contribution in [0.2, 0.25) is 0 Å². The van der Waals surface area contributed by atoms with Gasteiger partial charge in [0, 0.05) is 5.38 Å². The Hall–Kier alpha value is -0.560. The summed E-state index contributed by atoms with van der Waals surface area (Å²) >= 11 is 6.27. The van der Waals surface area contributed by atoms with E-state index in [0.29, 0.717) is 0 Å². The molecule has 1 aliphatic rings. The molecule has 82 valence electrons. The van der Waals surface area contributed by atoms with Gasteiger partial charge in [-0.1, -0.05) is 31.4 Å². The van der Waals surface area contributed by atoms with Crippen molar-refractivity contribution in [1.82, 2.24) is 0 Å². The summed E-state index contributed by atoms with van der Waals surface area (Å²) in [4.78, 5) is 0. The Balaban J connectivity index is 1.82. The van der Waals surface area contributed by atoms with Gasteiger partial charge in [-0.3, -0.25) is 0 Å². The molecular formula is C13H16ClF. The van der Waals surface area contributed by atoms with Gasteiger partial charge in [0.25, 0.3) is 0 Å². The maximum Gasteiger partial charge on any atom is 0.123 e. The summed E-state index contributed by atoms with van der Waals surface area (Å²) in [6.45, 7) is 0. The first-order chi connectivity index (χ1) is 7.24. The molecule has 0 aliphatic heterocycles. The van der Waals surface area contributed by atoms with Crippen LogP contribution in [0.15, 0.2) is 24.3 Å². The van der Waals surface area contributed by atoms with E-state index in [4.69, 9.17) is 11.6 Å². The number of rotatable bonds is 4. The topological polar surface area (TPSA) is 0 Å². The highest BCUT2D eigenvalue weighted by molar-refractivity contribution is 6.20. The maximum atomic E-state index is 12.7. The van der Waals surface area contributed by atoms with Crippen molar-refractivity contribution in [2.75, 3.05) is 0 Å². The number of benzene rings is 1. The third-order valence-corrected chi connectivity index (χ3v) is 3.52. The van der Waals surface area contributed by atoms with E-state index in [1.807, 2.05) is 12.1 Å². The second kappa shape index (κ2) is 4.98. The van der Waals surface area contributed by atoms with Crippen molar-refractivity contribution in [2.24, 2.45) is 5.92 Å². The Morgan fingerprint density at radius 1 is 1.27 bits per heavy atom. The fourth-order valence-corrected chi connectivity index (χ4v) is 2.48. The van der Waals surface area contributed by atoms with E-state index in [1.54, 1.807) is 0 Å². The van der Waals surface area contributed by atoms with Gasteiger partial charge in [-0.15, -0.1) is 11.6 Å². The smallest absolute Gasteiger partial charge is 0.123 e. The first-order valence-electron chi connectivity index (χ1n) is 5.62. The molecule has 0 heterocycles. The van der Waals surface area contributed by atoms with E-state index in [2.05, 4.69) is 0 Å². The van der Waals surface area contributed by atoms with Crippen molar-refractivity contribution < 1.29 is 4.39 Å². The first-order valence-corrected chi connectivity index (χ1v) is 6.06. The minimum Gasteiger partial charge on any atom is -0.207 e. The Morgan fingerprint density at radius 2 is 1.93 bits per heavy atom. The van der Waals surface area contributed by atoms with E-state index >= 15 is 0 Å². The quantitative estimate of drug-likeness (QED) is 0.677. The van der Waals surface area contributed by atoms with Crippen LogP contribution in [0, 0.1) is 11.7 Å². The zero-order valence-corrected chi connectivity index (χ0v) is 9.51. The highest BCUT2D eigenvalue weighted by Crippen LogP contribution is 2.32. The largest absolute Gasteiger partial charge is 0.207 e. The van der Waals surface area contributed by atoms with E-state index < -0.39 is 0 Å². The predicted octanol–water partition coefficient (Wildman–Crippen LogP) is 4.17. The summed E-state index contributed by atoms with van der Waals surface area (Å²) in [5, 5.41) is 0.209. The summed E-state index contributed by atoms with van der Waals surface area (Å²) in [5.41, 5.74) is 1.13. The summed E-state index contributed by atoms with van der Waals surface area (Å²) in [6.07, 6.45) is 6.02. The van der Waals surface area contributed by atoms with Crippen LogP contribution < -0.4 is 0 Å². The second-order valence-corrected chi connectivity index (χ2v) is 5.08. The van der Waals surface area contributed by atoms with Gasteiger partial charge in [0.15, 0.2) is 0 Å². The summed E-state index contributed by atoms with van der Waals surface area (Å²) in [5.74, 6) is 0.664. The van der Waals surface area contributed by atoms with Gasteiger partial charge < -0.3 is 0 Å². The minimum atomic E-state index is -0.177. The van der Waals surface area contributed by atoms with Gasteiger partial charge in [-0.25, -0.2) is 4.39 Å². The van der Waals surface area contributed by atoms with Gasteiger partial charge in [-0.05, 0) is 36.5 Å². The Morgan fingerprint density at radius 3 is 2.47 bits per heavy atom. The molecular weight excluding hydrogens is 211 g/mol. The standard InChI is InChI=1S/C13H16ClF/c14-12(8-10-2-1-3-10)9-11-4-6-13(15)7-5-11/h4-7,10,12H,1-3,8-9H2. The average molecular weight is 227 g/mol. The van der Waals surface area contributed by atoms with E-state index in [0.717, 1.165) is 24.3 Å². The zero-order chi connectivity index (χ0) is 10.7. The second-order valence-electron chi connectivity index (χ2n) is 4.46. The van der Waals surface area contributed by atoms with Crippen molar-refractivity contribution in [3.05, 3.63) is 35.6 Å². The van der Waals surface area contributed by atoms with Crippen LogP contribution in [0.4, 0.5) is 4.39 Å². The van der Waals surface area contributed by atoms with E-state index in [1.165, 1.54) is 31.4 Å². The van der Waals surface area contributed by atoms with Crippen LogP contribution in [0.3, 0.4) is 0 Å². The lowest BCUT2D eigenvalue weighted by Gasteiger charge is -2.27. The number of alkyl halides is 1. The summed E-state index contributed by atoms with van der Waals surface area (Å²) in [6, 6.07) is 6.65. The molecule has 0 N–H and O–H groups in total. The van der Waals surface area contributed by atoms with Gasteiger partial charge >= 0.3 is 0 Å². The SMILES string of the molecule is Fc1ccc(CC(Cl)CC2CCC2)cc1. The molecule has 2 heteroatoms. The summed E-state index contributed by atoms with van der Waals surface area (Å²) in [7, 11) is 0. The lowest BCUT2D eigenvalue weighted by Crippen LogP contribution is -2.17. The van der Waals surface area contributed by atoms with Crippen molar-refractivity contribution >= 4 is 11.6 Å². The third-order valence-electron chi connectivity index (χ3n) is 3.18. The monoisotopic (exact) mass is 226 g/mol. The van der Waals surface area contributed by atoms with Gasteiger partial charge in [0.1, 0.15) is 5.82 Å². The van der Waals surface area contributed by atoms with Gasteiger partial charge in [0.05, 0.1) is 0 Å². The van der Waals surface area contributed by atoms with Gasteiger partial charge in [-0.2, -0.15) is 0 Å². The lowest BCUT2D eigenvalue weighted by molar-refractivity contribution is 0.292. The Labute approximate surface area is 95.4 Å². The Bertz CT molecular complexity index is 303. The van der Waals surface area contributed by atoms with Crippen LogP contribution in [0.1, 0.15) is 31.2 Å². The van der Waals surface area contributed by atoms with Crippen LogP contribution in [-0.4, -0.2) is 5.38 Å². The van der Waals surface area contributed by atoms with Crippen LogP contribution in [0.5, 0.6) is 0 Å². The van der Waals surface area contributed by atoms with Crippen molar-refractivity contribution in [2.45, 2.75) is 37.5 Å². The Kier molecular flexibility index (Phi) is 3.63. The van der Waals surface area contributed by atoms with Crippen molar-refractivity contribution in [3.8, 4) is 0 Å². The normalized spacial score (nSPS) is 18.5. The highest BCUT2D eigenvalue weighted by atomic mass is 35.5. The molecule has 1 atom stereocenters. The average Bonchev–Trinajstić information content (AvgIpc) is 2.16. The third kappa shape index (κ3) is 3.20. The molecule has 1 aromatic rings. The molecule has 2 rings (SSSR count). The summed E-state index contributed by atoms with van der Waals surface area (Å²) < 4.78 is 12.7. The lowest BCUT2D eigenvalue weighted by atomic mass is 9.81. The molecule has 0 bridgehead atoms. The molecule has 15 heavy (non-hydrogen) atoms. The molecule has 0 amide bonds. The van der Waals surface area contributed by atoms with Crippen molar-refractivity contribution in [3.63, 3.8) is 0 Å². The molecule has 1 unspecified atom stereocenters. The number of hydrogen-bond acceptors (Lipinski definition) is 0. The fourth-order valence-electron chi connectivity index (χ4n) is 2.05. The molecule has 0 radical (unpaired) electrons. The molecule has 1 fully saturated rings. The number of hydrogen-bond donors (Lipinski definition) is 0. The van der Waals surface area contributed by atoms with Gasteiger partial charge in [0.2, 0.25) is 0 Å². The first kappa shape index (κ1) is 10.9. The van der Waals surface area contributed by atoms with Crippen LogP contribution >= 0.6 is 11.6 Å². The predicted molar refractivity (Wildman–Crippen MR) is 61.7 cm³/mol. The molecule has 0 saturated heterocycles. The van der Waals surface area contributed by atoms with E-state index in [-0.39, 0.29) is 11.2 Å². The molecule has 1 saturated carbocycles. The van der Waals surface area contributed by atoms with Crippen LogP contribution in [-0.2, 0) is 6.42 Å². The minimum absolute atomic E-state index is 0.177. The molecule has 0 aromatic heterocycles. The number of halogens is 2.